The summed E-state index contributed by atoms with van der Waals surface area (Å²) in [7, 11) is 0. The summed E-state index contributed by atoms with van der Waals surface area (Å²) in [4.78, 5) is 18.5. The Morgan fingerprint density at radius 2 is 1.95 bits per heavy atom. The second kappa shape index (κ2) is 6.64. The number of nitrogens with one attached hydrogen (secondary N) is 1. The van der Waals surface area contributed by atoms with E-state index >= 15 is 0 Å². The van der Waals surface area contributed by atoms with Crippen molar-refractivity contribution in [2.75, 3.05) is 13.1 Å². The van der Waals surface area contributed by atoms with Crippen LogP contribution in [0.3, 0.4) is 0 Å². The van der Waals surface area contributed by atoms with Crippen molar-refractivity contribution in [2.24, 2.45) is 0 Å². The molecule has 2 amide bonds. The third-order valence-corrected chi connectivity index (χ3v) is 3.96. The van der Waals surface area contributed by atoms with E-state index in [-0.39, 0.29) is 6.03 Å². The summed E-state index contributed by atoms with van der Waals surface area (Å²) in [6.07, 6.45) is 3.40. The van der Waals surface area contributed by atoms with E-state index in [0.717, 1.165) is 42.9 Å². The molecule has 0 spiro atoms. The number of carbonyl (C=O) groups is 1. The zero-order chi connectivity index (χ0) is 15.4. The van der Waals surface area contributed by atoms with Crippen LogP contribution in [0.5, 0.6) is 0 Å². The Labute approximate surface area is 130 Å². The van der Waals surface area contributed by atoms with Crippen LogP contribution in [0, 0.1) is 6.92 Å². The largest absolute Gasteiger partial charge is 0.441 e. The SMILES string of the molecule is Cc1oc(-c2ccccc2)nc1CNC(=O)N1CCCCC1. The van der Waals surface area contributed by atoms with Crippen molar-refractivity contribution in [2.45, 2.75) is 32.7 Å². The molecule has 1 aliphatic rings. The van der Waals surface area contributed by atoms with E-state index in [1.54, 1.807) is 0 Å². The minimum atomic E-state index is -0.0108. The van der Waals surface area contributed by atoms with Crippen LogP contribution in [0.4, 0.5) is 4.79 Å². The number of aryl methyl sites for hydroxylation is 1. The Morgan fingerprint density at radius 1 is 1.23 bits per heavy atom. The van der Waals surface area contributed by atoms with Crippen molar-refractivity contribution in [1.82, 2.24) is 15.2 Å². The van der Waals surface area contributed by atoms with Crippen molar-refractivity contribution in [3.8, 4) is 11.5 Å². The lowest BCUT2D eigenvalue weighted by Crippen LogP contribution is -2.42. The fourth-order valence-corrected chi connectivity index (χ4v) is 2.66. The van der Waals surface area contributed by atoms with Crippen LogP contribution in [0.2, 0.25) is 0 Å². The molecule has 1 N–H and O–H groups in total. The molecule has 3 rings (SSSR count). The Balaban J connectivity index is 1.63. The second-order valence-electron chi connectivity index (χ2n) is 5.59. The van der Waals surface area contributed by atoms with Gasteiger partial charge in [0.2, 0.25) is 5.89 Å². The standard InChI is InChI=1S/C17H21N3O2/c1-13-15(12-18-17(21)20-10-6-3-7-11-20)19-16(22-13)14-8-4-2-5-9-14/h2,4-5,8-9H,3,6-7,10-12H2,1H3,(H,18,21). The number of urea groups is 1. The Morgan fingerprint density at radius 3 is 2.68 bits per heavy atom. The number of oxazole rings is 1. The summed E-state index contributed by atoms with van der Waals surface area (Å²) >= 11 is 0. The first kappa shape index (κ1) is 14.6. The monoisotopic (exact) mass is 299 g/mol. The lowest BCUT2D eigenvalue weighted by molar-refractivity contribution is 0.186. The van der Waals surface area contributed by atoms with Gasteiger partial charge in [-0.25, -0.2) is 9.78 Å². The van der Waals surface area contributed by atoms with Gasteiger partial charge in [-0.05, 0) is 38.3 Å². The molecule has 116 valence electrons. The van der Waals surface area contributed by atoms with E-state index in [0.29, 0.717) is 12.4 Å². The molecule has 1 saturated heterocycles. The van der Waals surface area contributed by atoms with Gasteiger partial charge in [-0.1, -0.05) is 18.2 Å². The summed E-state index contributed by atoms with van der Waals surface area (Å²) < 4.78 is 5.70. The maximum Gasteiger partial charge on any atom is 0.317 e. The first-order valence-electron chi connectivity index (χ1n) is 7.78. The summed E-state index contributed by atoms with van der Waals surface area (Å²) in [5.74, 6) is 1.35. The fraction of sp³-hybridized carbons (Fsp3) is 0.412. The molecule has 2 aromatic rings. The zero-order valence-electron chi connectivity index (χ0n) is 12.8. The Bertz CT molecular complexity index is 631. The van der Waals surface area contributed by atoms with Gasteiger partial charge in [0, 0.05) is 18.7 Å². The average Bonchev–Trinajstić information content (AvgIpc) is 2.95. The maximum atomic E-state index is 12.1. The van der Waals surface area contributed by atoms with Crippen molar-refractivity contribution in [3.05, 3.63) is 41.8 Å². The van der Waals surface area contributed by atoms with E-state index in [4.69, 9.17) is 4.42 Å². The van der Waals surface area contributed by atoms with Crippen LogP contribution >= 0.6 is 0 Å². The molecule has 2 heterocycles. The number of rotatable bonds is 3. The van der Waals surface area contributed by atoms with Gasteiger partial charge < -0.3 is 14.6 Å². The molecule has 0 bridgehead atoms. The minimum absolute atomic E-state index is 0.0108. The Kier molecular flexibility index (Phi) is 4.42. The predicted molar refractivity (Wildman–Crippen MR) is 84.3 cm³/mol. The second-order valence-corrected chi connectivity index (χ2v) is 5.59. The molecule has 5 heteroatoms. The highest BCUT2D eigenvalue weighted by Crippen LogP contribution is 2.21. The van der Waals surface area contributed by atoms with Gasteiger partial charge in [0.25, 0.3) is 0 Å². The molecule has 1 aliphatic heterocycles. The summed E-state index contributed by atoms with van der Waals surface area (Å²) in [5, 5.41) is 2.94. The highest BCUT2D eigenvalue weighted by molar-refractivity contribution is 5.74. The van der Waals surface area contributed by atoms with Gasteiger partial charge in [0.15, 0.2) is 0 Å². The van der Waals surface area contributed by atoms with Crippen molar-refractivity contribution < 1.29 is 9.21 Å². The summed E-state index contributed by atoms with van der Waals surface area (Å²) in [6.45, 7) is 3.97. The van der Waals surface area contributed by atoms with Crippen molar-refractivity contribution in [3.63, 3.8) is 0 Å². The van der Waals surface area contributed by atoms with Gasteiger partial charge in [0.1, 0.15) is 11.5 Å². The molecule has 5 nitrogen and oxygen atoms in total. The molecular weight excluding hydrogens is 278 g/mol. The van der Waals surface area contributed by atoms with Crippen LogP contribution in [-0.4, -0.2) is 29.0 Å². The quantitative estimate of drug-likeness (QED) is 0.945. The van der Waals surface area contributed by atoms with Crippen LogP contribution < -0.4 is 5.32 Å². The number of benzene rings is 1. The van der Waals surface area contributed by atoms with Crippen LogP contribution in [0.1, 0.15) is 30.7 Å². The molecular formula is C17H21N3O2. The van der Waals surface area contributed by atoms with E-state index in [1.165, 1.54) is 6.42 Å². The number of hydrogen-bond acceptors (Lipinski definition) is 3. The molecule has 0 saturated carbocycles. The van der Waals surface area contributed by atoms with Crippen LogP contribution in [0.15, 0.2) is 34.7 Å². The van der Waals surface area contributed by atoms with E-state index < -0.39 is 0 Å². The lowest BCUT2D eigenvalue weighted by atomic mass is 10.1. The molecule has 1 aromatic heterocycles. The summed E-state index contributed by atoms with van der Waals surface area (Å²) in [6, 6.07) is 9.77. The van der Waals surface area contributed by atoms with Gasteiger partial charge in [-0.3, -0.25) is 0 Å². The molecule has 22 heavy (non-hydrogen) atoms. The molecule has 1 fully saturated rings. The number of hydrogen-bond donors (Lipinski definition) is 1. The number of likely N-dealkylation sites (tertiary alicyclic amines) is 1. The van der Waals surface area contributed by atoms with E-state index in [1.807, 2.05) is 42.2 Å². The van der Waals surface area contributed by atoms with Gasteiger partial charge >= 0.3 is 6.03 Å². The molecule has 0 aliphatic carbocycles. The van der Waals surface area contributed by atoms with Crippen LogP contribution in [0.25, 0.3) is 11.5 Å². The number of aromatic nitrogens is 1. The van der Waals surface area contributed by atoms with Crippen LogP contribution in [-0.2, 0) is 6.54 Å². The predicted octanol–water partition coefficient (Wildman–Crippen LogP) is 3.35. The molecule has 0 radical (unpaired) electrons. The van der Waals surface area contributed by atoms with Crippen molar-refractivity contribution >= 4 is 6.03 Å². The number of piperidine rings is 1. The third kappa shape index (κ3) is 3.30. The molecule has 1 aromatic carbocycles. The first-order valence-corrected chi connectivity index (χ1v) is 7.78. The first-order chi connectivity index (χ1) is 10.7. The fourth-order valence-electron chi connectivity index (χ4n) is 2.66. The number of amides is 2. The third-order valence-electron chi connectivity index (χ3n) is 3.96. The number of nitrogens with zero attached hydrogens (tertiary/aromatic N) is 2. The highest BCUT2D eigenvalue weighted by atomic mass is 16.4. The summed E-state index contributed by atoms with van der Waals surface area (Å²) in [5.41, 5.74) is 1.73. The lowest BCUT2D eigenvalue weighted by Gasteiger charge is -2.26. The Hall–Kier alpha value is -2.30. The molecule has 0 atom stereocenters. The minimum Gasteiger partial charge on any atom is -0.441 e. The average molecular weight is 299 g/mol. The van der Waals surface area contributed by atoms with Crippen molar-refractivity contribution in [1.29, 1.82) is 0 Å². The zero-order valence-corrected chi connectivity index (χ0v) is 12.8. The molecule has 0 unspecified atom stereocenters. The van der Waals surface area contributed by atoms with E-state index in [9.17, 15) is 4.79 Å². The van der Waals surface area contributed by atoms with Gasteiger partial charge in [-0.2, -0.15) is 0 Å². The smallest absolute Gasteiger partial charge is 0.317 e. The normalized spacial score (nSPS) is 14.9. The van der Waals surface area contributed by atoms with Gasteiger partial charge in [0.05, 0.1) is 6.54 Å². The van der Waals surface area contributed by atoms with Gasteiger partial charge in [-0.15, -0.1) is 0 Å². The maximum absolute atomic E-state index is 12.1. The van der Waals surface area contributed by atoms with E-state index in [2.05, 4.69) is 10.3 Å². The topological polar surface area (TPSA) is 58.4 Å². The highest BCUT2D eigenvalue weighted by Gasteiger charge is 2.17. The number of carbonyl (C=O) groups excluding carboxylic acids is 1.